The molecule has 0 amide bonds. The summed E-state index contributed by atoms with van der Waals surface area (Å²) in [6.07, 6.45) is 2.44. The molecule has 2 heterocycles. The highest BCUT2D eigenvalue weighted by Crippen LogP contribution is 2.29. The van der Waals surface area contributed by atoms with Crippen LogP contribution in [-0.4, -0.2) is 48.6 Å². The van der Waals surface area contributed by atoms with Crippen LogP contribution < -0.4 is 4.90 Å². The summed E-state index contributed by atoms with van der Waals surface area (Å²) in [7, 11) is 4.30. The lowest BCUT2D eigenvalue weighted by Gasteiger charge is -2.35. The Balaban J connectivity index is 2.12. The Labute approximate surface area is 133 Å². The monoisotopic (exact) mass is 310 g/mol. The molecule has 4 nitrogen and oxygen atoms in total. The first-order valence-electron chi connectivity index (χ1n) is 7.82. The van der Waals surface area contributed by atoms with E-state index in [0.29, 0.717) is 11.1 Å². The van der Waals surface area contributed by atoms with Gasteiger partial charge in [-0.25, -0.2) is 9.97 Å². The number of hydrogen-bond donors (Lipinski definition) is 0. The second-order valence-corrected chi connectivity index (χ2v) is 7.03. The molecule has 0 radical (unpaired) electrons. The summed E-state index contributed by atoms with van der Waals surface area (Å²) >= 11 is 6.30. The van der Waals surface area contributed by atoms with Gasteiger partial charge in [-0.05, 0) is 39.8 Å². The molecule has 0 aromatic carbocycles. The van der Waals surface area contributed by atoms with E-state index in [0.717, 1.165) is 36.2 Å². The highest BCUT2D eigenvalue weighted by atomic mass is 35.5. The van der Waals surface area contributed by atoms with Crippen LogP contribution in [0.2, 0.25) is 5.15 Å². The van der Waals surface area contributed by atoms with Crippen LogP contribution in [0.5, 0.6) is 0 Å². The van der Waals surface area contributed by atoms with Crippen LogP contribution >= 0.6 is 11.6 Å². The van der Waals surface area contributed by atoms with Gasteiger partial charge in [0.1, 0.15) is 16.8 Å². The van der Waals surface area contributed by atoms with Crippen LogP contribution in [0, 0.1) is 12.8 Å². The van der Waals surface area contributed by atoms with Crippen LogP contribution in [0.25, 0.3) is 0 Å². The second kappa shape index (κ2) is 6.93. The summed E-state index contributed by atoms with van der Waals surface area (Å²) in [4.78, 5) is 13.8. The van der Waals surface area contributed by atoms with E-state index in [4.69, 9.17) is 16.6 Å². The van der Waals surface area contributed by atoms with E-state index in [-0.39, 0.29) is 0 Å². The Hall–Kier alpha value is -0.870. The Morgan fingerprint density at radius 1 is 1.24 bits per heavy atom. The first-order valence-corrected chi connectivity index (χ1v) is 8.20. The Bertz CT molecular complexity index is 479. The molecule has 1 aromatic rings. The summed E-state index contributed by atoms with van der Waals surface area (Å²) < 4.78 is 0. The lowest BCUT2D eigenvalue weighted by Crippen LogP contribution is -2.38. The van der Waals surface area contributed by atoms with Gasteiger partial charge in [-0.1, -0.05) is 25.4 Å². The van der Waals surface area contributed by atoms with Gasteiger partial charge in [0.25, 0.3) is 0 Å². The Morgan fingerprint density at radius 3 is 2.38 bits per heavy atom. The minimum absolute atomic E-state index is 0.299. The molecule has 1 fully saturated rings. The van der Waals surface area contributed by atoms with Gasteiger partial charge in [-0.3, -0.25) is 0 Å². The number of aromatic nitrogens is 2. The number of piperidine rings is 1. The second-order valence-electron chi connectivity index (χ2n) is 6.67. The van der Waals surface area contributed by atoms with Crippen molar-refractivity contribution in [2.24, 2.45) is 5.92 Å². The van der Waals surface area contributed by atoms with E-state index < -0.39 is 0 Å². The molecule has 1 aliphatic rings. The average molecular weight is 311 g/mol. The van der Waals surface area contributed by atoms with Gasteiger partial charge in [0, 0.05) is 31.1 Å². The van der Waals surface area contributed by atoms with Gasteiger partial charge in [0.05, 0.1) is 0 Å². The molecule has 0 bridgehead atoms. The first-order chi connectivity index (χ1) is 9.88. The summed E-state index contributed by atoms with van der Waals surface area (Å²) in [5.74, 6) is 2.96. The highest BCUT2D eigenvalue weighted by Gasteiger charge is 2.23. The summed E-state index contributed by atoms with van der Waals surface area (Å²) in [5, 5.41) is 0.596. The molecule has 0 spiro atoms. The Kier molecular flexibility index (Phi) is 5.44. The minimum atomic E-state index is 0.299. The minimum Gasteiger partial charge on any atom is -0.356 e. The van der Waals surface area contributed by atoms with Crippen LogP contribution in [-0.2, 0) is 0 Å². The van der Waals surface area contributed by atoms with E-state index in [9.17, 15) is 0 Å². The maximum Gasteiger partial charge on any atom is 0.137 e. The predicted molar refractivity (Wildman–Crippen MR) is 89.4 cm³/mol. The fourth-order valence-electron chi connectivity index (χ4n) is 2.90. The third kappa shape index (κ3) is 4.07. The number of anilines is 1. The fraction of sp³-hybridized carbons (Fsp3) is 0.750. The van der Waals surface area contributed by atoms with Gasteiger partial charge >= 0.3 is 0 Å². The zero-order valence-electron chi connectivity index (χ0n) is 13.9. The van der Waals surface area contributed by atoms with Gasteiger partial charge in [0.2, 0.25) is 0 Å². The number of halogens is 1. The zero-order chi connectivity index (χ0) is 15.6. The average Bonchev–Trinajstić information content (AvgIpc) is 2.42. The van der Waals surface area contributed by atoms with Crippen LogP contribution in [0.15, 0.2) is 0 Å². The lowest BCUT2D eigenvalue weighted by atomic mass is 9.96. The van der Waals surface area contributed by atoms with E-state index in [2.05, 4.69) is 42.7 Å². The molecule has 0 N–H and O–H groups in total. The molecule has 2 rings (SSSR count). The van der Waals surface area contributed by atoms with Crippen molar-refractivity contribution in [3.8, 4) is 0 Å². The fourth-order valence-corrected chi connectivity index (χ4v) is 3.07. The summed E-state index contributed by atoms with van der Waals surface area (Å²) in [6.45, 7) is 9.53. The van der Waals surface area contributed by atoms with Crippen LogP contribution in [0.1, 0.15) is 44.0 Å². The molecule has 1 aromatic heterocycles. The zero-order valence-corrected chi connectivity index (χ0v) is 14.6. The maximum atomic E-state index is 6.30. The third-order valence-corrected chi connectivity index (χ3v) is 4.50. The molecule has 1 saturated heterocycles. The summed E-state index contributed by atoms with van der Waals surface area (Å²) in [5.41, 5.74) is 1.01. The SMILES string of the molecule is Cc1c(Cl)nc(C(C)C)nc1N1CCC(CN(C)C)CC1. The van der Waals surface area contributed by atoms with Gasteiger partial charge < -0.3 is 9.80 Å². The van der Waals surface area contributed by atoms with Crippen molar-refractivity contribution in [3.63, 3.8) is 0 Å². The van der Waals surface area contributed by atoms with Crippen molar-refractivity contribution >= 4 is 17.4 Å². The van der Waals surface area contributed by atoms with E-state index in [1.54, 1.807) is 0 Å². The maximum absolute atomic E-state index is 6.30. The van der Waals surface area contributed by atoms with E-state index in [1.807, 2.05) is 6.92 Å². The molecule has 5 heteroatoms. The molecule has 0 unspecified atom stereocenters. The molecular formula is C16H27ClN4. The first kappa shape index (κ1) is 16.5. The van der Waals surface area contributed by atoms with Crippen LogP contribution in [0.3, 0.4) is 0 Å². The van der Waals surface area contributed by atoms with Crippen molar-refractivity contribution in [3.05, 3.63) is 16.5 Å². The van der Waals surface area contributed by atoms with Crippen molar-refractivity contribution in [1.29, 1.82) is 0 Å². The standard InChI is InChI=1S/C16H27ClN4/c1-11(2)15-18-14(17)12(3)16(19-15)21-8-6-13(7-9-21)10-20(4)5/h11,13H,6-10H2,1-5H3. The van der Waals surface area contributed by atoms with Crippen molar-refractivity contribution in [2.75, 3.05) is 38.6 Å². The highest BCUT2D eigenvalue weighted by molar-refractivity contribution is 6.30. The predicted octanol–water partition coefficient (Wildman–Crippen LogP) is 3.34. The summed E-state index contributed by atoms with van der Waals surface area (Å²) in [6, 6.07) is 0. The largest absolute Gasteiger partial charge is 0.356 e. The lowest BCUT2D eigenvalue weighted by molar-refractivity contribution is 0.284. The number of hydrogen-bond acceptors (Lipinski definition) is 4. The Morgan fingerprint density at radius 2 is 1.86 bits per heavy atom. The topological polar surface area (TPSA) is 32.3 Å². The molecule has 1 aliphatic heterocycles. The molecule has 0 saturated carbocycles. The van der Waals surface area contributed by atoms with Crippen molar-refractivity contribution in [1.82, 2.24) is 14.9 Å². The van der Waals surface area contributed by atoms with E-state index >= 15 is 0 Å². The third-order valence-electron chi connectivity index (χ3n) is 4.13. The van der Waals surface area contributed by atoms with Gasteiger partial charge in [-0.2, -0.15) is 0 Å². The van der Waals surface area contributed by atoms with Gasteiger partial charge in [0.15, 0.2) is 0 Å². The van der Waals surface area contributed by atoms with Crippen molar-refractivity contribution in [2.45, 2.75) is 39.5 Å². The quantitative estimate of drug-likeness (QED) is 0.798. The molecule has 21 heavy (non-hydrogen) atoms. The molecule has 0 atom stereocenters. The molecule has 0 aliphatic carbocycles. The van der Waals surface area contributed by atoms with Gasteiger partial charge in [-0.15, -0.1) is 0 Å². The molecule has 118 valence electrons. The normalized spacial score (nSPS) is 17.0. The number of rotatable bonds is 4. The van der Waals surface area contributed by atoms with Crippen LogP contribution in [0.4, 0.5) is 5.82 Å². The van der Waals surface area contributed by atoms with Crippen molar-refractivity contribution < 1.29 is 0 Å². The smallest absolute Gasteiger partial charge is 0.137 e. The number of nitrogens with zero attached hydrogens (tertiary/aromatic N) is 4. The van der Waals surface area contributed by atoms with E-state index in [1.165, 1.54) is 19.4 Å². The molecular weight excluding hydrogens is 284 g/mol.